The maximum atomic E-state index is 12.6. The molecule has 3 rings (SSSR count). The molecule has 0 spiro atoms. The summed E-state index contributed by atoms with van der Waals surface area (Å²) in [6, 6.07) is 7.71. The van der Waals surface area contributed by atoms with Crippen LogP contribution in [0.15, 0.2) is 42.0 Å². The van der Waals surface area contributed by atoms with Gasteiger partial charge in [-0.25, -0.2) is 4.98 Å². The Morgan fingerprint density at radius 3 is 2.52 bits per heavy atom. The van der Waals surface area contributed by atoms with Gasteiger partial charge in [0.25, 0.3) is 0 Å². The molecule has 1 N–H and O–H groups in total. The molecule has 5 nitrogen and oxygen atoms in total. The summed E-state index contributed by atoms with van der Waals surface area (Å²) in [5, 5.41) is 6.15. The van der Waals surface area contributed by atoms with Gasteiger partial charge >= 0.3 is 6.18 Å². The molecule has 1 atom stereocenters. The summed E-state index contributed by atoms with van der Waals surface area (Å²) in [6.45, 7) is 3.72. The maximum absolute atomic E-state index is 12.6. The fourth-order valence-corrected chi connectivity index (χ4v) is 3.33. The van der Waals surface area contributed by atoms with E-state index in [1.807, 2.05) is 31.2 Å². The van der Waals surface area contributed by atoms with Crippen molar-refractivity contribution in [2.75, 3.05) is 0 Å². The molecule has 3 aromatic rings. The highest BCUT2D eigenvalue weighted by molar-refractivity contribution is 7.13. The minimum Gasteiger partial charge on any atom is -0.350 e. The van der Waals surface area contributed by atoms with Crippen molar-refractivity contribution in [2.24, 2.45) is 0 Å². The van der Waals surface area contributed by atoms with E-state index in [0.29, 0.717) is 0 Å². The second-order valence-electron chi connectivity index (χ2n) is 6.04. The monoisotopic (exact) mass is 394 g/mol. The number of alkyl halides is 3. The topological polar surface area (TPSA) is 59.8 Å². The van der Waals surface area contributed by atoms with Crippen LogP contribution in [0.25, 0.3) is 10.4 Å². The number of aryl methyl sites for hydroxylation is 1. The van der Waals surface area contributed by atoms with Crippen molar-refractivity contribution in [2.45, 2.75) is 32.6 Å². The summed E-state index contributed by atoms with van der Waals surface area (Å²) in [6.07, 6.45) is -3.38. The van der Waals surface area contributed by atoms with Gasteiger partial charge < -0.3 is 5.32 Å². The van der Waals surface area contributed by atoms with E-state index in [4.69, 9.17) is 0 Å². The van der Waals surface area contributed by atoms with E-state index < -0.39 is 23.8 Å². The molecule has 27 heavy (non-hydrogen) atoms. The molecule has 2 aromatic heterocycles. The van der Waals surface area contributed by atoms with Gasteiger partial charge in [-0.1, -0.05) is 24.3 Å². The summed E-state index contributed by atoms with van der Waals surface area (Å²) in [7, 11) is 0. The van der Waals surface area contributed by atoms with Crippen LogP contribution in [-0.4, -0.2) is 20.7 Å². The zero-order valence-corrected chi connectivity index (χ0v) is 15.4. The average molecular weight is 394 g/mol. The zero-order chi connectivity index (χ0) is 19.6. The molecule has 2 heterocycles. The number of benzene rings is 1. The molecule has 0 radical (unpaired) electrons. The van der Waals surface area contributed by atoms with Crippen LogP contribution >= 0.6 is 11.3 Å². The predicted octanol–water partition coefficient (Wildman–Crippen LogP) is 4.21. The van der Waals surface area contributed by atoms with E-state index in [1.165, 1.54) is 6.92 Å². The number of carbonyl (C=O) groups is 1. The first-order valence-corrected chi connectivity index (χ1v) is 9.03. The number of thiazole rings is 1. The predicted molar refractivity (Wildman–Crippen MR) is 96.1 cm³/mol. The van der Waals surface area contributed by atoms with Gasteiger partial charge in [0, 0.05) is 12.7 Å². The van der Waals surface area contributed by atoms with Crippen molar-refractivity contribution in [3.63, 3.8) is 0 Å². The SMILES string of the molecule is Cc1ncsc1-c1ccc(CNC(=O)C(C)n2ccc(C(F)(F)F)n2)cc1. The van der Waals surface area contributed by atoms with Crippen molar-refractivity contribution < 1.29 is 18.0 Å². The molecule has 0 aliphatic carbocycles. The number of amides is 1. The van der Waals surface area contributed by atoms with E-state index in [2.05, 4.69) is 15.4 Å². The normalized spacial score (nSPS) is 12.8. The van der Waals surface area contributed by atoms with E-state index in [9.17, 15) is 18.0 Å². The number of carbonyl (C=O) groups excluding carboxylic acids is 1. The molecule has 0 aliphatic rings. The number of aromatic nitrogens is 3. The van der Waals surface area contributed by atoms with Gasteiger partial charge in [0.15, 0.2) is 5.69 Å². The third kappa shape index (κ3) is 4.36. The van der Waals surface area contributed by atoms with Gasteiger partial charge in [0.2, 0.25) is 5.91 Å². The molecular weight excluding hydrogens is 377 g/mol. The quantitative estimate of drug-likeness (QED) is 0.705. The van der Waals surface area contributed by atoms with Gasteiger partial charge in [-0.3, -0.25) is 9.48 Å². The standard InChI is InChI=1S/C18H17F3N4OS/c1-11-16(27-10-23-11)14-5-3-13(4-6-14)9-22-17(26)12(2)25-8-7-15(24-25)18(19,20)21/h3-8,10,12H,9H2,1-2H3,(H,22,26). The lowest BCUT2D eigenvalue weighted by Gasteiger charge is -2.13. The first kappa shape index (κ1) is 19.1. The van der Waals surface area contributed by atoms with Crippen LogP contribution in [0.3, 0.4) is 0 Å². The van der Waals surface area contributed by atoms with Gasteiger partial charge in [-0.2, -0.15) is 18.3 Å². The Morgan fingerprint density at radius 2 is 1.96 bits per heavy atom. The third-order valence-corrected chi connectivity index (χ3v) is 5.08. The van der Waals surface area contributed by atoms with Crippen LogP contribution < -0.4 is 5.32 Å². The summed E-state index contributed by atoms with van der Waals surface area (Å²) >= 11 is 1.56. The summed E-state index contributed by atoms with van der Waals surface area (Å²) < 4.78 is 38.9. The number of hydrogen-bond donors (Lipinski definition) is 1. The zero-order valence-electron chi connectivity index (χ0n) is 14.6. The van der Waals surface area contributed by atoms with Crippen LogP contribution in [0.4, 0.5) is 13.2 Å². The highest BCUT2D eigenvalue weighted by Crippen LogP contribution is 2.28. The maximum Gasteiger partial charge on any atom is 0.435 e. The fourth-order valence-electron chi connectivity index (χ4n) is 2.51. The van der Waals surface area contributed by atoms with Gasteiger partial charge in [0.05, 0.1) is 16.1 Å². The summed E-state index contributed by atoms with van der Waals surface area (Å²) in [5.74, 6) is -0.408. The first-order valence-electron chi connectivity index (χ1n) is 8.15. The Bertz CT molecular complexity index is 931. The second-order valence-corrected chi connectivity index (χ2v) is 6.89. The largest absolute Gasteiger partial charge is 0.435 e. The number of halogens is 3. The molecule has 1 unspecified atom stereocenters. The number of nitrogens with zero attached hydrogens (tertiary/aromatic N) is 3. The molecular formula is C18H17F3N4OS. The number of rotatable bonds is 5. The van der Waals surface area contributed by atoms with Crippen molar-refractivity contribution in [3.8, 4) is 10.4 Å². The summed E-state index contributed by atoms with van der Waals surface area (Å²) in [5.41, 5.74) is 3.68. The molecule has 0 saturated heterocycles. The number of hydrogen-bond acceptors (Lipinski definition) is 4. The smallest absolute Gasteiger partial charge is 0.350 e. The van der Waals surface area contributed by atoms with Crippen LogP contribution in [0.2, 0.25) is 0 Å². The van der Waals surface area contributed by atoms with Crippen molar-refractivity contribution in [1.29, 1.82) is 0 Å². The molecule has 9 heteroatoms. The van der Waals surface area contributed by atoms with Crippen molar-refractivity contribution >= 4 is 17.2 Å². The Hall–Kier alpha value is -2.68. The summed E-state index contributed by atoms with van der Waals surface area (Å²) in [4.78, 5) is 17.5. The Morgan fingerprint density at radius 1 is 1.26 bits per heavy atom. The molecule has 142 valence electrons. The molecule has 1 aromatic carbocycles. The minimum absolute atomic E-state index is 0.276. The molecule has 0 bridgehead atoms. The molecule has 1 amide bonds. The third-order valence-electron chi connectivity index (χ3n) is 4.10. The fraction of sp³-hybridized carbons (Fsp3) is 0.278. The van der Waals surface area contributed by atoms with Crippen LogP contribution in [0.5, 0.6) is 0 Å². The molecule has 0 aliphatic heterocycles. The lowest BCUT2D eigenvalue weighted by Crippen LogP contribution is -2.31. The van der Waals surface area contributed by atoms with Crippen molar-refractivity contribution in [1.82, 2.24) is 20.1 Å². The second kappa shape index (κ2) is 7.51. The average Bonchev–Trinajstić information content (AvgIpc) is 3.28. The van der Waals surface area contributed by atoms with Gasteiger partial charge in [-0.05, 0) is 31.0 Å². The van der Waals surface area contributed by atoms with Crippen LogP contribution in [0, 0.1) is 6.92 Å². The lowest BCUT2D eigenvalue weighted by molar-refractivity contribution is -0.142. The van der Waals surface area contributed by atoms with Crippen LogP contribution in [-0.2, 0) is 17.5 Å². The van der Waals surface area contributed by atoms with E-state index in [-0.39, 0.29) is 6.54 Å². The Kier molecular flexibility index (Phi) is 5.31. The lowest BCUT2D eigenvalue weighted by atomic mass is 10.1. The van der Waals surface area contributed by atoms with Gasteiger partial charge in [-0.15, -0.1) is 11.3 Å². The molecule has 0 saturated carbocycles. The Labute approximate surface area is 157 Å². The van der Waals surface area contributed by atoms with E-state index >= 15 is 0 Å². The van der Waals surface area contributed by atoms with E-state index in [1.54, 1.807) is 16.8 Å². The Balaban J connectivity index is 1.60. The van der Waals surface area contributed by atoms with Crippen LogP contribution in [0.1, 0.15) is 29.9 Å². The van der Waals surface area contributed by atoms with Gasteiger partial charge in [0.1, 0.15) is 6.04 Å². The first-order chi connectivity index (χ1) is 12.8. The highest BCUT2D eigenvalue weighted by Gasteiger charge is 2.34. The van der Waals surface area contributed by atoms with Crippen molar-refractivity contribution in [3.05, 3.63) is 59.0 Å². The molecule has 0 fully saturated rings. The number of nitrogens with one attached hydrogen (secondary N) is 1. The van der Waals surface area contributed by atoms with E-state index in [0.717, 1.165) is 38.6 Å². The minimum atomic E-state index is -4.53. The highest BCUT2D eigenvalue weighted by atomic mass is 32.1.